The van der Waals surface area contributed by atoms with E-state index in [1.807, 2.05) is 0 Å². The molecular formula is C19H9ClF4N4O. The third-order valence-corrected chi connectivity index (χ3v) is 4.31. The van der Waals surface area contributed by atoms with Gasteiger partial charge in [0, 0.05) is 24.5 Å². The first-order valence-electron chi connectivity index (χ1n) is 8.10. The summed E-state index contributed by atoms with van der Waals surface area (Å²) in [4.78, 5) is 17.1. The zero-order chi connectivity index (χ0) is 20.7. The molecule has 0 N–H and O–H groups in total. The monoisotopic (exact) mass is 420 g/mol. The molecule has 146 valence electrons. The van der Waals surface area contributed by atoms with E-state index in [2.05, 4.69) is 10.1 Å². The Kier molecular flexibility index (Phi) is 4.67. The molecule has 0 fully saturated rings. The predicted octanol–water partition coefficient (Wildman–Crippen LogP) is 4.30. The number of rotatable bonds is 3. The first-order valence-corrected chi connectivity index (χ1v) is 8.48. The van der Waals surface area contributed by atoms with Gasteiger partial charge in [-0.1, -0.05) is 17.7 Å². The van der Waals surface area contributed by atoms with Crippen molar-refractivity contribution in [2.45, 2.75) is 0 Å². The second kappa shape index (κ2) is 7.17. The second-order valence-corrected chi connectivity index (χ2v) is 6.25. The van der Waals surface area contributed by atoms with E-state index in [1.165, 1.54) is 30.6 Å². The highest BCUT2D eigenvalue weighted by atomic mass is 35.5. The number of hydrogen-bond acceptors (Lipinski definition) is 3. The third-order valence-electron chi connectivity index (χ3n) is 4.05. The summed E-state index contributed by atoms with van der Waals surface area (Å²) < 4.78 is 58.1. The molecule has 4 rings (SSSR count). The van der Waals surface area contributed by atoms with Crippen LogP contribution in [0.2, 0.25) is 5.15 Å². The molecule has 0 atom stereocenters. The zero-order valence-corrected chi connectivity index (χ0v) is 15.0. The van der Waals surface area contributed by atoms with Crippen LogP contribution in [-0.2, 0) is 0 Å². The van der Waals surface area contributed by atoms with Gasteiger partial charge in [-0.3, -0.25) is 9.36 Å². The van der Waals surface area contributed by atoms with Gasteiger partial charge in [0.05, 0.1) is 16.9 Å². The normalized spacial score (nSPS) is 11.1. The minimum Gasteiger partial charge on any atom is -0.270 e. The summed E-state index contributed by atoms with van der Waals surface area (Å²) in [5.74, 6) is -4.74. The summed E-state index contributed by atoms with van der Waals surface area (Å²) >= 11 is 6.20. The van der Waals surface area contributed by atoms with Crippen LogP contribution in [0.5, 0.6) is 0 Å². The van der Waals surface area contributed by atoms with Crippen molar-refractivity contribution in [3.8, 4) is 22.8 Å². The minimum atomic E-state index is -1.30. The number of nitrogens with zero attached hydrogens (tertiary/aromatic N) is 4. The molecule has 2 aromatic heterocycles. The van der Waals surface area contributed by atoms with Crippen LogP contribution in [0.25, 0.3) is 22.8 Å². The van der Waals surface area contributed by atoms with Crippen molar-refractivity contribution >= 4 is 11.6 Å². The Balaban J connectivity index is 2.15. The van der Waals surface area contributed by atoms with Crippen LogP contribution in [0.3, 0.4) is 0 Å². The molecule has 4 aromatic rings. The van der Waals surface area contributed by atoms with Crippen LogP contribution >= 0.6 is 11.6 Å². The fraction of sp³-hybridized carbons (Fsp3) is 0. The summed E-state index contributed by atoms with van der Waals surface area (Å²) in [6.07, 6.45) is 2.80. The highest BCUT2D eigenvalue weighted by Gasteiger charge is 2.25. The van der Waals surface area contributed by atoms with Crippen molar-refractivity contribution in [2.75, 3.05) is 0 Å². The summed E-state index contributed by atoms with van der Waals surface area (Å²) in [5.41, 5.74) is -2.21. The Hall–Kier alpha value is -3.46. The van der Waals surface area contributed by atoms with Gasteiger partial charge in [0.15, 0.2) is 5.15 Å². The molecule has 0 bridgehead atoms. The Morgan fingerprint density at radius 3 is 2.28 bits per heavy atom. The molecule has 0 radical (unpaired) electrons. The van der Waals surface area contributed by atoms with Gasteiger partial charge in [-0.25, -0.2) is 27.2 Å². The maximum Gasteiger partial charge on any atom is 0.300 e. The smallest absolute Gasteiger partial charge is 0.270 e. The van der Waals surface area contributed by atoms with E-state index in [0.29, 0.717) is 12.1 Å². The van der Waals surface area contributed by atoms with Gasteiger partial charge in [0.2, 0.25) is 5.82 Å². The number of hydrogen-bond donors (Lipinski definition) is 0. The fourth-order valence-corrected chi connectivity index (χ4v) is 3.13. The van der Waals surface area contributed by atoms with Crippen LogP contribution in [0.4, 0.5) is 17.6 Å². The molecule has 0 aliphatic rings. The largest absolute Gasteiger partial charge is 0.300 e. The van der Waals surface area contributed by atoms with E-state index in [4.69, 9.17) is 11.6 Å². The average Bonchev–Trinajstić information content (AvgIpc) is 3.18. The third kappa shape index (κ3) is 3.29. The first kappa shape index (κ1) is 18.9. The number of aromatic nitrogens is 4. The van der Waals surface area contributed by atoms with Gasteiger partial charge in [-0.2, -0.15) is 5.10 Å². The van der Waals surface area contributed by atoms with Crippen LogP contribution in [0.15, 0.2) is 59.7 Å². The summed E-state index contributed by atoms with van der Waals surface area (Å²) in [7, 11) is 0. The summed E-state index contributed by atoms with van der Waals surface area (Å²) in [6, 6.07) is 7.16. The van der Waals surface area contributed by atoms with Crippen LogP contribution in [0.1, 0.15) is 0 Å². The molecule has 0 saturated carbocycles. The Bertz CT molecular complexity index is 1270. The standard InChI is InChI=1S/C19H9ClF4N4O/c20-17-16(15-13(23)8-11(22)9-14(15)24)28(12-4-1-3-10(21)7-12)19(29)18(26-17)27-6-2-5-25-27/h1-9H. The van der Waals surface area contributed by atoms with E-state index >= 15 is 0 Å². The lowest BCUT2D eigenvalue weighted by molar-refractivity contribution is 0.546. The average molecular weight is 421 g/mol. The predicted molar refractivity (Wildman–Crippen MR) is 97.2 cm³/mol. The van der Waals surface area contributed by atoms with E-state index < -0.39 is 45.2 Å². The van der Waals surface area contributed by atoms with Gasteiger partial charge >= 0.3 is 5.56 Å². The highest BCUT2D eigenvalue weighted by molar-refractivity contribution is 6.32. The van der Waals surface area contributed by atoms with Gasteiger partial charge < -0.3 is 0 Å². The van der Waals surface area contributed by atoms with E-state index in [9.17, 15) is 22.4 Å². The van der Waals surface area contributed by atoms with Gasteiger partial charge in [0.1, 0.15) is 23.3 Å². The summed E-state index contributed by atoms with van der Waals surface area (Å²) in [5, 5.41) is 3.43. The van der Waals surface area contributed by atoms with E-state index in [-0.39, 0.29) is 11.5 Å². The topological polar surface area (TPSA) is 52.7 Å². The molecule has 29 heavy (non-hydrogen) atoms. The quantitative estimate of drug-likeness (QED) is 0.464. The maximum atomic E-state index is 14.5. The SMILES string of the molecule is O=c1c(-n2cccn2)nc(Cl)c(-c2c(F)cc(F)cc2F)n1-c1cccc(F)c1. The first-order chi connectivity index (χ1) is 13.9. The molecule has 0 aliphatic heterocycles. The lowest BCUT2D eigenvalue weighted by atomic mass is 10.1. The molecule has 2 heterocycles. The number of halogens is 5. The molecule has 0 saturated heterocycles. The summed E-state index contributed by atoms with van der Waals surface area (Å²) in [6.45, 7) is 0. The minimum absolute atomic E-state index is 0.0640. The van der Waals surface area contributed by atoms with Crippen LogP contribution in [0, 0.1) is 23.3 Å². The maximum absolute atomic E-state index is 14.5. The lowest BCUT2D eigenvalue weighted by Crippen LogP contribution is -2.27. The van der Waals surface area contributed by atoms with Crippen molar-refractivity contribution in [3.63, 3.8) is 0 Å². The molecule has 10 heteroatoms. The van der Waals surface area contributed by atoms with Crippen molar-refractivity contribution in [1.29, 1.82) is 0 Å². The van der Waals surface area contributed by atoms with Crippen LogP contribution < -0.4 is 5.56 Å². The van der Waals surface area contributed by atoms with Gasteiger partial charge in [-0.15, -0.1) is 0 Å². The van der Waals surface area contributed by atoms with Crippen molar-refractivity contribution in [2.24, 2.45) is 0 Å². The lowest BCUT2D eigenvalue weighted by Gasteiger charge is -2.17. The van der Waals surface area contributed by atoms with Crippen LogP contribution in [-0.4, -0.2) is 19.3 Å². The zero-order valence-electron chi connectivity index (χ0n) is 14.3. The molecule has 5 nitrogen and oxygen atoms in total. The van der Waals surface area contributed by atoms with Crippen molar-refractivity contribution < 1.29 is 17.6 Å². The van der Waals surface area contributed by atoms with E-state index in [0.717, 1.165) is 21.4 Å². The molecule has 2 aromatic carbocycles. The molecule has 0 unspecified atom stereocenters. The molecule has 0 aliphatic carbocycles. The number of benzene rings is 2. The molecule has 0 amide bonds. The van der Waals surface area contributed by atoms with Gasteiger partial charge in [0.25, 0.3) is 0 Å². The molecular weight excluding hydrogens is 412 g/mol. The second-order valence-electron chi connectivity index (χ2n) is 5.89. The van der Waals surface area contributed by atoms with Crippen molar-refractivity contribution in [1.82, 2.24) is 19.3 Å². The Labute approximate surface area is 165 Å². The Morgan fingerprint density at radius 2 is 1.66 bits per heavy atom. The van der Waals surface area contributed by atoms with E-state index in [1.54, 1.807) is 0 Å². The van der Waals surface area contributed by atoms with Crippen molar-refractivity contribution in [3.05, 3.63) is 93.6 Å². The highest BCUT2D eigenvalue weighted by Crippen LogP contribution is 2.33. The van der Waals surface area contributed by atoms with Gasteiger partial charge in [-0.05, 0) is 24.3 Å². The Morgan fingerprint density at radius 1 is 0.931 bits per heavy atom. The molecule has 0 spiro atoms. The fourth-order valence-electron chi connectivity index (χ4n) is 2.88.